The van der Waals surface area contributed by atoms with E-state index < -0.39 is 22.2 Å². The second-order valence-electron chi connectivity index (χ2n) is 7.93. The Morgan fingerprint density at radius 3 is 2.61 bits per heavy atom. The van der Waals surface area contributed by atoms with Crippen LogP contribution in [0.2, 0.25) is 0 Å². The van der Waals surface area contributed by atoms with Gasteiger partial charge in [-0.2, -0.15) is 4.31 Å². The van der Waals surface area contributed by atoms with Gasteiger partial charge in [-0.1, -0.05) is 13.0 Å². The lowest BCUT2D eigenvalue weighted by molar-refractivity contribution is -0.129. The minimum absolute atomic E-state index is 0.0239. The predicted octanol–water partition coefficient (Wildman–Crippen LogP) is 1.39. The lowest BCUT2D eigenvalue weighted by Crippen LogP contribution is -2.50. The van der Waals surface area contributed by atoms with Crippen LogP contribution >= 0.6 is 0 Å². The Bertz CT molecular complexity index is 1030. The fourth-order valence-corrected chi connectivity index (χ4v) is 5.30. The normalized spacial score (nSPS) is 21.8. The quantitative estimate of drug-likeness (QED) is 0.735. The molecule has 2 heterocycles. The van der Waals surface area contributed by atoms with E-state index in [1.54, 1.807) is 43.4 Å². The Morgan fingerprint density at radius 2 is 2.00 bits per heavy atom. The summed E-state index contributed by atoms with van der Waals surface area (Å²) in [5.41, 5.74) is 1.43. The van der Waals surface area contributed by atoms with Gasteiger partial charge < -0.3 is 14.7 Å². The molecule has 1 aromatic heterocycles. The monoisotopic (exact) mass is 448 g/mol. The highest BCUT2D eigenvalue weighted by molar-refractivity contribution is 7.89. The Balaban J connectivity index is 2.13. The Hall–Kier alpha value is -2.56. The average molecular weight is 449 g/mol. The molecule has 10 heteroatoms. The van der Waals surface area contributed by atoms with Crippen LogP contribution in [0, 0.1) is 5.92 Å². The Kier molecular flexibility index (Phi) is 6.93. The summed E-state index contributed by atoms with van der Waals surface area (Å²) in [5.74, 6) is -0.145. The number of hydrogen-bond acceptors (Lipinski definition) is 7. The third-order valence-corrected chi connectivity index (χ3v) is 7.57. The molecular weight excluding hydrogens is 420 g/mol. The molecule has 1 aliphatic heterocycles. The van der Waals surface area contributed by atoms with Crippen molar-refractivity contribution in [2.45, 2.75) is 37.8 Å². The first kappa shape index (κ1) is 23.1. The van der Waals surface area contributed by atoms with Crippen LogP contribution in [0.15, 0.2) is 41.8 Å². The van der Waals surface area contributed by atoms with Crippen LogP contribution in [-0.4, -0.2) is 77.5 Å². The van der Waals surface area contributed by atoms with Crippen molar-refractivity contribution in [2.75, 3.05) is 26.7 Å². The van der Waals surface area contributed by atoms with Crippen LogP contribution in [-0.2, 0) is 14.8 Å². The number of benzene rings is 1. The number of aliphatic hydroxyl groups is 1. The van der Waals surface area contributed by atoms with Gasteiger partial charge in [-0.3, -0.25) is 4.79 Å². The van der Waals surface area contributed by atoms with Gasteiger partial charge in [0.25, 0.3) is 0 Å². The van der Waals surface area contributed by atoms with Crippen LogP contribution in [0.1, 0.15) is 20.8 Å². The zero-order valence-electron chi connectivity index (χ0n) is 18.1. The maximum absolute atomic E-state index is 13.5. The number of rotatable bonds is 5. The molecule has 2 aromatic rings. The van der Waals surface area contributed by atoms with Crippen molar-refractivity contribution in [3.63, 3.8) is 0 Å². The molecule has 0 saturated heterocycles. The van der Waals surface area contributed by atoms with Gasteiger partial charge in [-0.05, 0) is 24.6 Å². The van der Waals surface area contributed by atoms with E-state index in [0.29, 0.717) is 12.1 Å². The molecule has 3 atom stereocenters. The first-order valence-electron chi connectivity index (χ1n) is 10.1. The SMILES string of the molecule is CC(=O)N(C)C[C@H]1Oc2cc(-c3cncnc3)ccc2S(=O)(=O)N([C@H](C)CO)C[C@@H]1C. The second kappa shape index (κ2) is 9.29. The van der Waals surface area contributed by atoms with Crippen molar-refractivity contribution in [3.05, 3.63) is 36.9 Å². The van der Waals surface area contributed by atoms with E-state index in [1.807, 2.05) is 6.92 Å². The van der Waals surface area contributed by atoms with Crippen molar-refractivity contribution in [1.82, 2.24) is 19.2 Å². The summed E-state index contributed by atoms with van der Waals surface area (Å²) in [6.07, 6.45) is 4.24. The van der Waals surface area contributed by atoms with Gasteiger partial charge in [0, 0.05) is 50.4 Å². The van der Waals surface area contributed by atoms with Crippen LogP contribution < -0.4 is 4.74 Å². The molecule has 0 radical (unpaired) electrons. The summed E-state index contributed by atoms with van der Waals surface area (Å²) in [6, 6.07) is 4.24. The number of hydrogen-bond donors (Lipinski definition) is 1. The fourth-order valence-electron chi connectivity index (χ4n) is 3.47. The van der Waals surface area contributed by atoms with Gasteiger partial charge in [0.1, 0.15) is 23.1 Å². The molecule has 0 saturated carbocycles. The maximum atomic E-state index is 13.5. The van der Waals surface area contributed by atoms with E-state index in [-0.39, 0.29) is 35.6 Å². The van der Waals surface area contributed by atoms with Crippen LogP contribution in [0.5, 0.6) is 5.75 Å². The molecule has 1 aromatic carbocycles. The highest BCUT2D eigenvalue weighted by Crippen LogP contribution is 2.36. The van der Waals surface area contributed by atoms with Crippen molar-refractivity contribution in [2.24, 2.45) is 5.92 Å². The first-order valence-corrected chi connectivity index (χ1v) is 11.5. The van der Waals surface area contributed by atoms with Crippen LogP contribution in [0.3, 0.4) is 0 Å². The number of aromatic nitrogens is 2. The Morgan fingerprint density at radius 1 is 1.32 bits per heavy atom. The number of amides is 1. The average Bonchev–Trinajstić information content (AvgIpc) is 2.75. The van der Waals surface area contributed by atoms with Gasteiger partial charge in [0.2, 0.25) is 15.9 Å². The number of ether oxygens (including phenoxy) is 1. The number of carbonyl (C=O) groups excluding carboxylic acids is 1. The minimum Gasteiger partial charge on any atom is -0.487 e. The summed E-state index contributed by atoms with van der Waals surface area (Å²) in [4.78, 5) is 21.4. The molecule has 1 N–H and O–H groups in total. The van der Waals surface area contributed by atoms with Crippen molar-refractivity contribution < 1.29 is 23.1 Å². The number of carbonyl (C=O) groups is 1. The van der Waals surface area contributed by atoms with Gasteiger partial charge in [-0.15, -0.1) is 0 Å². The summed E-state index contributed by atoms with van der Waals surface area (Å²) >= 11 is 0. The van der Waals surface area contributed by atoms with Crippen molar-refractivity contribution in [3.8, 4) is 16.9 Å². The topological polar surface area (TPSA) is 113 Å². The lowest BCUT2D eigenvalue weighted by atomic mass is 10.0. The predicted molar refractivity (Wildman–Crippen MR) is 115 cm³/mol. The fraction of sp³-hybridized carbons (Fsp3) is 0.476. The third-order valence-electron chi connectivity index (χ3n) is 5.55. The lowest BCUT2D eigenvalue weighted by Gasteiger charge is -2.37. The Labute approximate surface area is 182 Å². The standard InChI is InChI=1S/C21H28N4O5S/c1-14-10-25(15(2)12-26)31(28,29)21-6-5-17(18-8-22-13-23-9-18)7-19(21)30-20(14)11-24(4)16(3)27/h5-9,13-15,20,26H,10-12H2,1-4H3/t14-,15+,20+/m0/s1. The van der Waals surface area contributed by atoms with Crippen molar-refractivity contribution >= 4 is 15.9 Å². The molecular formula is C21H28N4O5S. The third kappa shape index (κ3) is 4.86. The molecule has 0 aliphatic carbocycles. The zero-order valence-corrected chi connectivity index (χ0v) is 18.9. The zero-order chi connectivity index (χ0) is 22.8. The molecule has 3 rings (SSSR count). The number of aliphatic hydroxyl groups excluding tert-OH is 1. The van der Waals surface area contributed by atoms with E-state index >= 15 is 0 Å². The summed E-state index contributed by atoms with van der Waals surface area (Å²) in [7, 11) is -2.24. The van der Waals surface area contributed by atoms with Gasteiger partial charge >= 0.3 is 0 Å². The van der Waals surface area contributed by atoms with E-state index in [2.05, 4.69) is 9.97 Å². The second-order valence-corrected chi connectivity index (χ2v) is 9.79. The molecule has 1 amide bonds. The molecule has 1 aliphatic rings. The van der Waals surface area contributed by atoms with Crippen molar-refractivity contribution in [1.29, 1.82) is 0 Å². The maximum Gasteiger partial charge on any atom is 0.247 e. The highest BCUT2D eigenvalue weighted by atomic mass is 32.2. The summed E-state index contributed by atoms with van der Waals surface area (Å²) < 4.78 is 34.4. The first-order chi connectivity index (χ1) is 14.6. The molecule has 168 valence electrons. The van der Waals surface area contributed by atoms with E-state index in [0.717, 1.165) is 5.56 Å². The van der Waals surface area contributed by atoms with Crippen LogP contribution in [0.4, 0.5) is 0 Å². The molecule has 31 heavy (non-hydrogen) atoms. The van der Waals surface area contributed by atoms with Crippen LogP contribution in [0.25, 0.3) is 11.1 Å². The molecule has 0 bridgehead atoms. The number of fused-ring (bicyclic) bond motifs is 1. The molecule has 9 nitrogen and oxygen atoms in total. The minimum atomic E-state index is -3.92. The highest BCUT2D eigenvalue weighted by Gasteiger charge is 2.38. The van der Waals surface area contributed by atoms with E-state index in [9.17, 15) is 18.3 Å². The largest absolute Gasteiger partial charge is 0.487 e. The van der Waals surface area contributed by atoms with E-state index in [4.69, 9.17) is 4.74 Å². The summed E-state index contributed by atoms with van der Waals surface area (Å²) in [6.45, 7) is 5.17. The number of sulfonamides is 1. The van der Waals surface area contributed by atoms with Gasteiger partial charge in [0.05, 0.1) is 13.2 Å². The number of nitrogens with zero attached hydrogens (tertiary/aromatic N) is 4. The number of likely N-dealkylation sites (N-methyl/N-ethyl adjacent to an activating group) is 1. The van der Waals surface area contributed by atoms with Gasteiger partial charge in [-0.25, -0.2) is 18.4 Å². The van der Waals surface area contributed by atoms with E-state index in [1.165, 1.54) is 23.6 Å². The molecule has 0 spiro atoms. The summed E-state index contributed by atoms with van der Waals surface area (Å²) in [5, 5.41) is 9.69. The molecule has 0 unspecified atom stereocenters. The smallest absolute Gasteiger partial charge is 0.247 e. The molecule has 0 fully saturated rings. The van der Waals surface area contributed by atoms with Gasteiger partial charge in [0.15, 0.2) is 0 Å².